The Morgan fingerprint density at radius 3 is 1.42 bits per heavy atom. The van der Waals surface area contributed by atoms with Gasteiger partial charge < -0.3 is 19.3 Å². The first-order valence-corrected chi connectivity index (χ1v) is 29.2. The van der Waals surface area contributed by atoms with Gasteiger partial charge in [0.05, 0.1) is 6.61 Å². The average Bonchev–Trinajstić information content (AvgIpc) is 3.83. The lowest BCUT2D eigenvalue weighted by molar-refractivity contribution is -0.145. The van der Waals surface area contributed by atoms with E-state index in [0.29, 0.717) is 30.9 Å². The van der Waals surface area contributed by atoms with Gasteiger partial charge in [0.1, 0.15) is 0 Å². The van der Waals surface area contributed by atoms with Gasteiger partial charge in [0.15, 0.2) is 0 Å². The van der Waals surface area contributed by atoms with Crippen LogP contribution in [0.5, 0.6) is 0 Å². The summed E-state index contributed by atoms with van der Waals surface area (Å²) in [5.74, 6) is 1.74. The highest BCUT2D eigenvalue weighted by molar-refractivity contribution is 5.76. The fourth-order valence-electron chi connectivity index (χ4n) is 10.1. The lowest BCUT2D eigenvalue weighted by Gasteiger charge is -2.33. The minimum Gasteiger partial charge on any atom is -0.465 e. The number of esters is 1. The highest BCUT2D eigenvalue weighted by Gasteiger charge is 2.23. The summed E-state index contributed by atoms with van der Waals surface area (Å²) in [6.45, 7) is 18.5. The molecule has 0 aliphatic carbocycles. The molecule has 1 fully saturated rings. The van der Waals surface area contributed by atoms with Gasteiger partial charge >= 0.3 is 5.97 Å². The largest absolute Gasteiger partial charge is 0.465 e. The Kier molecular flexibility index (Phi) is 44.7. The van der Waals surface area contributed by atoms with Gasteiger partial charge in [0, 0.05) is 38.6 Å². The zero-order valence-corrected chi connectivity index (χ0v) is 44.2. The van der Waals surface area contributed by atoms with Crippen molar-refractivity contribution in [2.24, 2.45) is 11.8 Å². The molecule has 0 radical (unpaired) electrons. The summed E-state index contributed by atoms with van der Waals surface area (Å²) in [6, 6.07) is 0.384. The summed E-state index contributed by atoms with van der Waals surface area (Å²) in [5.41, 5.74) is 0. The highest BCUT2D eigenvalue weighted by Crippen LogP contribution is 2.23. The van der Waals surface area contributed by atoms with Gasteiger partial charge in [-0.2, -0.15) is 0 Å². The number of hydrogen-bond acceptors (Lipinski definition) is 5. The Balaban J connectivity index is 2.56. The quantitative estimate of drug-likeness (QED) is 0.0450. The van der Waals surface area contributed by atoms with Crippen molar-refractivity contribution in [1.82, 2.24) is 9.80 Å². The molecule has 1 rings (SSSR count). The molecule has 380 valence electrons. The first-order chi connectivity index (χ1) is 31.5. The van der Waals surface area contributed by atoms with Crippen molar-refractivity contribution in [1.29, 1.82) is 0 Å². The summed E-state index contributed by atoms with van der Waals surface area (Å²) in [5, 5.41) is 0. The molecule has 6 heteroatoms. The van der Waals surface area contributed by atoms with E-state index in [4.69, 9.17) is 9.47 Å². The maximum Gasteiger partial charge on any atom is 0.305 e. The summed E-state index contributed by atoms with van der Waals surface area (Å²) >= 11 is 0. The van der Waals surface area contributed by atoms with E-state index in [-0.39, 0.29) is 5.97 Å². The summed E-state index contributed by atoms with van der Waals surface area (Å²) in [7, 11) is 0. The molecule has 3 atom stereocenters. The van der Waals surface area contributed by atoms with Crippen LogP contribution in [0.2, 0.25) is 0 Å². The van der Waals surface area contributed by atoms with Gasteiger partial charge in [0.25, 0.3) is 0 Å². The number of unbranched alkanes of at least 4 members (excludes halogenated alkanes) is 23. The van der Waals surface area contributed by atoms with E-state index < -0.39 is 0 Å². The molecule has 0 spiro atoms. The van der Waals surface area contributed by atoms with Gasteiger partial charge in [-0.25, -0.2) is 0 Å². The summed E-state index contributed by atoms with van der Waals surface area (Å²) in [4.78, 5) is 31.6. The second-order valence-corrected chi connectivity index (χ2v) is 20.7. The molecule has 1 saturated heterocycles. The summed E-state index contributed by atoms with van der Waals surface area (Å²) in [6.07, 6.45) is 50.1. The first-order valence-electron chi connectivity index (χ1n) is 29.2. The Morgan fingerprint density at radius 2 is 0.875 bits per heavy atom. The van der Waals surface area contributed by atoms with Crippen LogP contribution < -0.4 is 0 Å². The van der Waals surface area contributed by atoms with Crippen molar-refractivity contribution in [3.05, 3.63) is 0 Å². The molecule has 64 heavy (non-hydrogen) atoms. The Bertz CT molecular complexity index is 985. The van der Waals surface area contributed by atoms with E-state index in [0.717, 1.165) is 77.2 Å². The number of amides is 1. The molecule has 0 saturated carbocycles. The molecule has 0 N–H and O–H groups in total. The third kappa shape index (κ3) is 36.9. The van der Waals surface area contributed by atoms with E-state index >= 15 is 0 Å². The third-order valence-corrected chi connectivity index (χ3v) is 14.5. The number of rotatable bonds is 50. The summed E-state index contributed by atoms with van der Waals surface area (Å²) < 4.78 is 12.0. The van der Waals surface area contributed by atoms with Gasteiger partial charge in [-0.05, 0) is 109 Å². The van der Waals surface area contributed by atoms with Crippen LogP contribution in [0.15, 0.2) is 0 Å². The van der Waals surface area contributed by atoms with Crippen molar-refractivity contribution < 1.29 is 19.1 Å². The maximum atomic E-state index is 14.0. The number of ether oxygens (including phenoxy) is 2. The Labute approximate surface area is 401 Å². The van der Waals surface area contributed by atoms with Gasteiger partial charge in [-0.1, -0.05) is 208 Å². The lowest BCUT2D eigenvalue weighted by atomic mass is 9.96. The van der Waals surface area contributed by atoms with Crippen LogP contribution in [0, 0.1) is 11.8 Å². The molecule has 0 bridgehead atoms. The van der Waals surface area contributed by atoms with E-state index in [1.165, 1.54) is 225 Å². The van der Waals surface area contributed by atoms with Crippen LogP contribution in [-0.4, -0.2) is 73.7 Å². The monoisotopic (exact) mass is 903 g/mol. The van der Waals surface area contributed by atoms with E-state index in [9.17, 15) is 9.59 Å². The second-order valence-electron chi connectivity index (χ2n) is 20.7. The number of carbonyl (C=O) groups is 2. The Morgan fingerprint density at radius 1 is 0.453 bits per heavy atom. The maximum absolute atomic E-state index is 14.0. The molecule has 0 aromatic carbocycles. The molecule has 1 heterocycles. The molecule has 3 unspecified atom stereocenters. The number of nitrogens with zero attached hydrogens (tertiary/aromatic N) is 2. The minimum atomic E-state index is 0.0113. The smallest absolute Gasteiger partial charge is 0.305 e. The van der Waals surface area contributed by atoms with Crippen LogP contribution in [0.1, 0.15) is 298 Å². The molecular weight excluding hydrogens is 789 g/mol. The fourth-order valence-corrected chi connectivity index (χ4v) is 10.1. The van der Waals surface area contributed by atoms with Crippen molar-refractivity contribution in [2.75, 3.05) is 46.0 Å². The number of hydrogen-bond donors (Lipinski definition) is 0. The standard InChI is InChI=1S/C58H114N2O4/c1-6-11-16-24-33-45-57(61)60(50-38-49-59-47-35-36-48-59)56(43-31-25-20-19-23-28-37-51-63-52-54(39-14-9-4)41-29-17-12-7-2)44-32-26-21-22-27-34-46-58(62)64-53-55(40-15-10-5)42-30-18-13-8-3/h54-56H,6-53H2,1-5H3. The topological polar surface area (TPSA) is 59.1 Å². The third-order valence-electron chi connectivity index (χ3n) is 14.5. The van der Waals surface area contributed by atoms with Gasteiger partial charge in [-0.3, -0.25) is 9.59 Å². The molecule has 0 aromatic heterocycles. The van der Waals surface area contributed by atoms with Crippen LogP contribution in [-0.2, 0) is 19.1 Å². The van der Waals surface area contributed by atoms with Crippen molar-refractivity contribution in [3.63, 3.8) is 0 Å². The zero-order valence-electron chi connectivity index (χ0n) is 44.2. The predicted molar refractivity (Wildman–Crippen MR) is 278 cm³/mol. The zero-order chi connectivity index (χ0) is 46.4. The van der Waals surface area contributed by atoms with Crippen molar-refractivity contribution in [3.8, 4) is 0 Å². The molecule has 0 aromatic rings. The van der Waals surface area contributed by atoms with Gasteiger partial charge in [-0.15, -0.1) is 0 Å². The molecule has 6 nitrogen and oxygen atoms in total. The van der Waals surface area contributed by atoms with Crippen LogP contribution >= 0.6 is 0 Å². The van der Waals surface area contributed by atoms with E-state index in [1.807, 2.05) is 0 Å². The molecule has 1 aliphatic rings. The van der Waals surface area contributed by atoms with E-state index in [1.54, 1.807) is 0 Å². The van der Waals surface area contributed by atoms with Crippen LogP contribution in [0.25, 0.3) is 0 Å². The fraction of sp³-hybridized carbons (Fsp3) is 0.966. The SMILES string of the molecule is CCCCCCCC(=O)N(CCCN1CCCC1)C(CCCCCCCCCOCC(CCCC)CCCCCC)CCCCCCCCC(=O)OCC(CCCC)CCCCCC. The number of carbonyl (C=O) groups excluding carboxylic acids is 2. The van der Waals surface area contributed by atoms with Crippen LogP contribution in [0.4, 0.5) is 0 Å². The Hall–Kier alpha value is -1.14. The average molecular weight is 904 g/mol. The van der Waals surface area contributed by atoms with Crippen molar-refractivity contribution in [2.45, 2.75) is 304 Å². The molecular formula is C58H114N2O4. The second kappa shape index (κ2) is 46.9. The molecule has 1 aliphatic heterocycles. The normalized spacial score (nSPS) is 14.6. The molecule has 1 amide bonds. The highest BCUT2D eigenvalue weighted by atomic mass is 16.5. The lowest BCUT2D eigenvalue weighted by Crippen LogP contribution is -2.42. The first kappa shape index (κ1) is 60.9. The van der Waals surface area contributed by atoms with Gasteiger partial charge in [0.2, 0.25) is 5.91 Å². The van der Waals surface area contributed by atoms with E-state index in [2.05, 4.69) is 44.4 Å². The number of likely N-dealkylation sites (tertiary alicyclic amines) is 1. The minimum absolute atomic E-state index is 0.0113. The van der Waals surface area contributed by atoms with Crippen molar-refractivity contribution >= 4 is 11.9 Å². The predicted octanol–water partition coefficient (Wildman–Crippen LogP) is 17.4. The van der Waals surface area contributed by atoms with Crippen LogP contribution in [0.3, 0.4) is 0 Å².